The van der Waals surface area contributed by atoms with Crippen molar-refractivity contribution >= 4 is 38.5 Å². The molecule has 4 aliphatic heterocycles. The zero-order chi connectivity index (χ0) is 49.4. The standard InChI is InChI=1S/C62H65BrN4O2/c1-57(2,3)36-17-15-35(16-18-36)53-47-24-23-45(64-47)46-27-29-51(66-46)62(68,38-21-19-37(20-22-38)58(4,5)6)52-30-28-50(67-52)54(49-26-25-48(53)65-49)41-31-39(59(7,8)9)32-42-55(41)69-56-43(61(42,13)14)33-40(34-44(56)63)60(10,11)12/h15-34,65-66,68H,1-14H3/b53-47-,54-50-. The highest BCUT2D eigenvalue weighted by molar-refractivity contribution is 9.10. The number of aromatic nitrogens is 2. The summed E-state index contributed by atoms with van der Waals surface area (Å²) >= 11 is 4.00. The molecule has 4 aliphatic rings. The average Bonchev–Trinajstić information content (AvgIpc) is 4.12. The Kier molecular flexibility index (Phi) is 10.7. The quantitative estimate of drug-likeness (QED) is 0.165. The van der Waals surface area contributed by atoms with Crippen LogP contribution < -0.4 is 4.74 Å². The van der Waals surface area contributed by atoms with Gasteiger partial charge in [0.25, 0.3) is 0 Å². The molecule has 6 aromatic rings. The molecule has 2 aromatic heterocycles. The number of ether oxygens (including phenoxy) is 1. The van der Waals surface area contributed by atoms with Crippen molar-refractivity contribution in [1.29, 1.82) is 0 Å². The molecule has 0 saturated heterocycles. The fraction of sp³-hybridized carbons (Fsp3) is 0.323. The number of halogens is 1. The Hall–Kier alpha value is -6.02. The van der Waals surface area contributed by atoms with Gasteiger partial charge in [-0.05, 0) is 132 Å². The van der Waals surface area contributed by atoms with Crippen molar-refractivity contribution in [3.63, 3.8) is 0 Å². The van der Waals surface area contributed by atoms with Gasteiger partial charge >= 0.3 is 0 Å². The fourth-order valence-electron chi connectivity index (χ4n) is 10.1. The van der Waals surface area contributed by atoms with E-state index in [1.54, 1.807) is 0 Å². The van der Waals surface area contributed by atoms with Crippen LogP contribution >= 0.6 is 15.9 Å². The number of aliphatic hydroxyl groups is 1. The topological polar surface area (TPSA) is 85.8 Å². The van der Waals surface area contributed by atoms with Crippen LogP contribution in [0.3, 0.4) is 0 Å². The van der Waals surface area contributed by atoms with Crippen LogP contribution in [0, 0.1) is 0 Å². The van der Waals surface area contributed by atoms with E-state index in [9.17, 15) is 5.11 Å². The number of benzene rings is 4. The zero-order valence-corrected chi connectivity index (χ0v) is 44.3. The number of hydrogen-bond donors (Lipinski definition) is 3. The Morgan fingerprint density at radius 1 is 0.522 bits per heavy atom. The Morgan fingerprint density at radius 3 is 1.65 bits per heavy atom. The van der Waals surface area contributed by atoms with Crippen LogP contribution in [-0.4, -0.2) is 26.5 Å². The molecule has 0 saturated carbocycles. The molecule has 352 valence electrons. The van der Waals surface area contributed by atoms with E-state index in [2.05, 4.69) is 214 Å². The molecule has 10 rings (SSSR count). The summed E-state index contributed by atoms with van der Waals surface area (Å²) in [6.45, 7) is 31.6. The Morgan fingerprint density at radius 2 is 1.04 bits per heavy atom. The van der Waals surface area contributed by atoms with E-state index in [4.69, 9.17) is 14.7 Å². The number of rotatable bonds is 3. The van der Waals surface area contributed by atoms with Crippen LogP contribution in [0.25, 0.3) is 11.1 Å². The molecule has 69 heavy (non-hydrogen) atoms. The first-order valence-electron chi connectivity index (χ1n) is 24.3. The molecule has 0 spiro atoms. The molecule has 3 N–H and O–H groups in total. The van der Waals surface area contributed by atoms with Gasteiger partial charge in [0, 0.05) is 44.6 Å². The summed E-state index contributed by atoms with van der Waals surface area (Å²) in [6.07, 6.45) is 8.18. The van der Waals surface area contributed by atoms with Gasteiger partial charge in [0.15, 0.2) is 5.60 Å². The molecular formula is C62H65BrN4O2. The van der Waals surface area contributed by atoms with Crippen molar-refractivity contribution in [2.45, 2.75) is 130 Å². The maximum Gasteiger partial charge on any atom is 0.172 e. The third kappa shape index (κ3) is 7.90. The van der Waals surface area contributed by atoms with E-state index >= 15 is 0 Å². The highest BCUT2D eigenvalue weighted by Crippen LogP contribution is 2.56. The van der Waals surface area contributed by atoms with E-state index < -0.39 is 11.0 Å². The van der Waals surface area contributed by atoms with Crippen molar-refractivity contribution < 1.29 is 9.84 Å². The van der Waals surface area contributed by atoms with Gasteiger partial charge in [0.1, 0.15) is 11.5 Å². The molecular weight excluding hydrogens is 913 g/mol. The first-order valence-corrected chi connectivity index (χ1v) is 25.1. The normalized spacial score (nSPS) is 20.8. The van der Waals surface area contributed by atoms with Gasteiger partial charge < -0.3 is 19.8 Å². The molecule has 6 nitrogen and oxygen atoms in total. The van der Waals surface area contributed by atoms with Crippen LogP contribution in [0.1, 0.15) is 170 Å². The van der Waals surface area contributed by atoms with Gasteiger partial charge in [-0.1, -0.05) is 158 Å². The van der Waals surface area contributed by atoms with Crippen LogP contribution in [0.5, 0.6) is 11.5 Å². The minimum absolute atomic E-state index is 0.00419. The van der Waals surface area contributed by atoms with E-state index in [1.165, 1.54) is 22.3 Å². The van der Waals surface area contributed by atoms with Gasteiger partial charge in [-0.3, -0.25) is 0 Å². The number of nitrogens with one attached hydrogen (secondary N) is 2. The highest BCUT2D eigenvalue weighted by atomic mass is 79.9. The lowest BCUT2D eigenvalue weighted by atomic mass is 9.71. The zero-order valence-electron chi connectivity index (χ0n) is 42.7. The predicted octanol–water partition coefficient (Wildman–Crippen LogP) is 15.6. The smallest absolute Gasteiger partial charge is 0.172 e. The van der Waals surface area contributed by atoms with Crippen molar-refractivity contribution in [1.82, 2.24) is 9.97 Å². The lowest BCUT2D eigenvalue weighted by Gasteiger charge is -2.39. The lowest BCUT2D eigenvalue weighted by molar-refractivity contribution is 0.152. The maximum atomic E-state index is 13.5. The van der Waals surface area contributed by atoms with Crippen molar-refractivity contribution in [2.24, 2.45) is 9.98 Å². The summed E-state index contributed by atoms with van der Waals surface area (Å²) in [7, 11) is 0. The van der Waals surface area contributed by atoms with Crippen LogP contribution in [0.15, 0.2) is 147 Å². The number of aromatic amines is 2. The minimum Gasteiger partial charge on any atom is -0.455 e. The number of hydrogen-bond acceptors (Lipinski definition) is 4. The molecule has 0 fully saturated rings. The summed E-state index contributed by atoms with van der Waals surface area (Å²) in [4.78, 5) is 18.4. The Labute approximate surface area is 417 Å². The van der Waals surface area contributed by atoms with Gasteiger partial charge in [0.05, 0.1) is 38.7 Å². The third-order valence-electron chi connectivity index (χ3n) is 14.6. The third-order valence-corrected chi connectivity index (χ3v) is 15.2. The maximum absolute atomic E-state index is 13.5. The van der Waals surface area contributed by atoms with Gasteiger partial charge in [-0.15, -0.1) is 0 Å². The van der Waals surface area contributed by atoms with Crippen molar-refractivity contribution in [2.75, 3.05) is 0 Å². The molecule has 8 bridgehead atoms. The second kappa shape index (κ2) is 15.7. The average molecular weight is 978 g/mol. The minimum atomic E-state index is -1.65. The van der Waals surface area contributed by atoms with E-state index in [-0.39, 0.29) is 21.7 Å². The summed E-state index contributed by atoms with van der Waals surface area (Å²) in [6, 6.07) is 34.7. The van der Waals surface area contributed by atoms with Crippen molar-refractivity contribution in [3.8, 4) is 11.5 Å². The SMILES string of the molecule is CC(C)(C)c1ccc(/C2=C3\C=CC(=N3)c3ccc([nH]3)C(O)(c3ccc(C(C)(C)C)cc3)C3=N/C(=C(/c4cc(C(C)(C)C)cc5c4Oc4c(Br)cc(C(C)(C)C)cc4C5(C)C)c4ccc2[nH]4)C=C3)cc1. The summed E-state index contributed by atoms with van der Waals surface area (Å²) in [5.74, 6) is 1.60. The van der Waals surface area contributed by atoms with E-state index in [0.29, 0.717) is 22.7 Å². The Balaban J connectivity index is 1.28. The second-order valence-corrected chi connectivity index (χ2v) is 24.9. The number of aliphatic imine (C=N–C) groups is 2. The van der Waals surface area contributed by atoms with Crippen molar-refractivity contribution in [3.05, 3.63) is 210 Å². The summed E-state index contributed by atoms with van der Waals surface area (Å²) in [5.41, 5.74) is 15.2. The summed E-state index contributed by atoms with van der Waals surface area (Å²) in [5, 5.41) is 13.5. The van der Waals surface area contributed by atoms with Crippen LogP contribution in [0.4, 0.5) is 0 Å². The van der Waals surface area contributed by atoms with Gasteiger partial charge in [-0.25, -0.2) is 9.98 Å². The van der Waals surface area contributed by atoms with Gasteiger partial charge in [0.2, 0.25) is 0 Å². The monoisotopic (exact) mass is 976 g/mol. The summed E-state index contributed by atoms with van der Waals surface area (Å²) < 4.78 is 8.24. The molecule has 0 radical (unpaired) electrons. The second-order valence-electron chi connectivity index (χ2n) is 24.1. The molecule has 0 aliphatic carbocycles. The molecule has 7 heteroatoms. The molecule has 6 heterocycles. The fourth-order valence-corrected chi connectivity index (χ4v) is 10.7. The molecule has 1 unspecified atom stereocenters. The number of H-pyrrole nitrogens is 2. The first-order chi connectivity index (χ1) is 32.2. The van der Waals surface area contributed by atoms with Crippen LogP contribution in [0.2, 0.25) is 0 Å². The van der Waals surface area contributed by atoms with Gasteiger partial charge in [-0.2, -0.15) is 0 Å². The lowest BCUT2D eigenvalue weighted by Crippen LogP contribution is -2.36. The first kappa shape index (κ1) is 46.7. The number of allylic oxidation sites excluding steroid dienone is 3. The molecule has 4 aromatic carbocycles. The Bertz CT molecular complexity index is 3300. The largest absolute Gasteiger partial charge is 0.455 e. The predicted molar refractivity (Wildman–Crippen MR) is 289 cm³/mol. The molecule has 1 atom stereocenters. The van der Waals surface area contributed by atoms with Crippen LogP contribution in [-0.2, 0) is 32.7 Å². The van der Waals surface area contributed by atoms with E-state index in [0.717, 1.165) is 77.9 Å². The number of fused-ring (bicyclic) bond motifs is 9. The highest BCUT2D eigenvalue weighted by Gasteiger charge is 2.43. The molecule has 0 amide bonds. The van der Waals surface area contributed by atoms with E-state index in [1.807, 2.05) is 30.3 Å². The number of nitrogens with zero attached hydrogens (tertiary/aromatic N) is 2.